The molecule has 0 atom stereocenters. The maximum atomic E-state index is 13.8. The Balaban J connectivity index is 0.00000420. The number of aryl methyl sites for hydroxylation is 3. The molecule has 2 heterocycles. The molecule has 0 fully saturated rings. The van der Waals surface area contributed by atoms with Crippen molar-refractivity contribution in [1.82, 2.24) is 0 Å². The molecule has 39 heavy (non-hydrogen) atoms. The number of primary sulfonamides is 1. The number of halogens is 1. The second kappa shape index (κ2) is 11.8. The Bertz CT molecular complexity index is 1630. The number of nitrogens with two attached hydrogens (primary N) is 1. The van der Waals surface area contributed by atoms with Crippen LogP contribution in [0.15, 0.2) is 76.2 Å². The lowest BCUT2D eigenvalue weighted by Gasteiger charge is -2.15. The van der Waals surface area contributed by atoms with Crippen LogP contribution in [0, 0.1) is 20.8 Å². The molecule has 2 aromatic carbocycles. The van der Waals surface area contributed by atoms with Crippen molar-refractivity contribution in [2.75, 3.05) is 10.7 Å². The second-order valence-corrected chi connectivity index (χ2v) is 10.7. The van der Waals surface area contributed by atoms with E-state index >= 15 is 0 Å². The molecule has 204 valence electrons. The minimum Gasteiger partial charge on any atom is -0.870 e. The van der Waals surface area contributed by atoms with E-state index in [0.29, 0.717) is 5.76 Å². The minimum atomic E-state index is -4.24. The first-order valence-corrected chi connectivity index (χ1v) is 13.5. The van der Waals surface area contributed by atoms with Crippen LogP contribution in [0.3, 0.4) is 0 Å². The SMILES string of the molecule is Cc1cc(C)[n+](NC(=O)c2ccccc2C(=O)c2cc(S(N)(=O)=O)c(Cl)cc2NCc2ccco2)c(C)c1.[OH-]. The van der Waals surface area contributed by atoms with Crippen LogP contribution in [0.5, 0.6) is 0 Å². The summed E-state index contributed by atoms with van der Waals surface area (Å²) in [6, 6.07) is 16.0. The molecule has 0 spiro atoms. The van der Waals surface area contributed by atoms with Gasteiger partial charge in [-0.2, -0.15) is 0 Å². The van der Waals surface area contributed by atoms with Gasteiger partial charge in [0.1, 0.15) is 10.7 Å². The van der Waals surface area contributed by atoms with E-state index in [1.807, 2.05) is 32.9 Å². The maximum Gasteiger partial charge on any atom is 0.306 e. The first-order chi connectivity index (χ1) is 18.0. The number of ketones is 1. The van der Waals surface area contributed by atoms with E-state index in [4.69, 9.17) is 21.2 Å². The summed E-state index contributed by atoms with van der Waals surface area (Å²) in [5.41, 5.74) is 5.88. The fourth-order valence-electron chi connectivity index (χ4n) is 4.17. The summed E-state index contributed by atoms with van der Waals surface area (Å²) in [7, 11) is -4.24. The van der Waals surface area contributed by atoms with E-state index in [9.17, 15) is 18.0 Å². The number of benzene rings is 2. The number of pyridine rings is 1. The van der Waals surface area contributed by atoms with Gasteiger partial charge in [-0.05, 0) is 42.8 Å². The van der Waals surface area contributed by atoms with Gasteiger partial charge in [0.15, 0.2) is 5.78 Å². The number of sulfonamides is 1. The third-order valence-electron chi connectivity index (χ3n) is 5.86. The van der Waals surface area contributed by atoms with E-state index in [-0.39, 0.29) is 39.4 Å². The highest BCUT2D eigenvalue weighted by Crippen LogP contribution is 2.31. The normalized spacial score (nSPS) is 11.0. The number of hydrogen-bond acceptors (Lipinski definition) is 7. The number of carbonyl (C=O) groups is 2. The molecule has 0 unspecified atom stereocenters. The molecule has 12 heteroatoms. The van der Waals surface area contributed by atoms with E-state index in [0.717, 1.165) is 23.0 Å². The Morgan fingerprint density at radius 2 is 1.59 bits per heavy atom. The highest BCUT2D eigenvalue weighted by Gasteiger charge is 2.26. The monoisotopic (exact) mass is 570 g/mol. The zero-order valence-corrected chi connectivity index (χ0v) is 22.9. The topological polar surface area (TPSA) is 165 Å². The van der Waals surface area contributed by atoms with E-state index in [1.165, 1.54) is 24.5 Å². The summed E-state index contributed by atoms with van der Waals surface area (Å²) in [4.78, 5) is 26.8. The second-order valence-electron chi connectivity index (χ2n) is 8.77. The van der Waals surface area contributed by atoms with Gasteiger partial charge in [0, 0.05) is 42.8 Å². The van der Waals surface area contributed by atoms with Gasteiger partial charge >= 0.3 is 5.91 Å². The Morgan fingerprint density at radius 3 is 2.18 bits per heavy atom. The van der Waals surface area contributed by atoms with Gasteiger partial charge in [0.2, 0.25) is 21.4 Å². The first-order valence-electron chi connectivity index (χ1n) is 11.5. The van der Waals surface area contributed by atoms with Crippen molar-refractivity contribution in [2.24, 2.45) is 5.14 Å². The highest BCUT2D eigenvalue weighted by atomic mass is 35.5. The molecule has 0 radical (unpaired) electrons. The Kier molecular flexibility index (Phi) is 8.92. The van der Waals surface area contributed by atoms with Gasteiger partial charge in [-0.15, -0.1) is 5.43 Å². The number of anilines is 1. The number of hydrogen-bond donors (Lipinski definition) is 3. The fourth-order valence-corrected chi connectivity index (χ4v) is 5.27. The highest BCUT2D eigenvalue weighted by molar-refractivity contribution is 7.89. The Hall–Kier alpha value is -4.03. The smallest absolute Gasteiger partial charge is 0.306 e. The molecule has 10 nitrogen and oxygen atoms in total. The molecule has 0 saturated carbocycles. The van der Waals surface area contributed by atoms with E-state index < -0.39 is 26.6 Å². The molecule has 0 aliphatic rings. The van der Waals surface area contributed by atoms with Crippen LogP contribution in [0.2, 0.25) is 5.02 Å². The van der Waals surface area contributed by atoms with Crippen molar-refractivity contribution in [3.8, 4) is 0 Å². The van der Waals surface area contributed by atoms with Crippen LogP contribution in [0.4, 0.5) is 5.69 Å². The van der Waals surface area contributed by atoms with Crippen molar-refractivity contribution >= 4 is 39.0 Å². The summed E-state index contributed by atoms with van der Waals surface area (Å²) in [6.07, 6.45) is 1.50. The first kappa shape index (κ1) is 29.5. The number of nitrogens with zero attached hydrogens (tertiary/aromatic N) is 1. The van der Waals surface area contributed by atoms with Crippen molar-refractivity contribution in [3.63, 3.8) is 0 Å². The molecule has 4 aromatic rings. The van der Waals surface area contributed by atoms with Crippen molar-refractivity contribution < 1.29 is 32.6 Å². The van der Waals surface area contributed by atoms with Gasteiger partial charge < -0.3 is 15.2 Å². The third-order valence-corrected chi connectivity index (χ3v) is 7.24. The third kappa shape index (κ3) is 6.52. The predicted molar refractivity (Wildman–Crippen MR) is 145 cm³/mol. The van der Waals surface area contributed by atoms with Crippen molar-refractivity contribution in [1.29, 1.82) is 0 Å². The van der Waals surface area contributed by atoms with E-state index in [1.54, 1.807) is 28.9 Å². The number of carbonyl (C=O) groups excluding carboxylic acids is 2. The molecule has 5 N–H and O–H groups in total. The Morgan fingerprint density at radius 1 is 0.949 bits per heavy atom. The van der Waals surface area contributed by atoms with Gasteiger partial charge in [-0.25, -0.2) is 13.6 Å². The molecular weight excluding hydrogens is 544 g/mol. The number of furan rings is 1. The molecule has 1 amide bonds. The van der Waals surface area contributed by atoms with Crippen LogP contribution in [0.1, 0.15) is 49.0 Å². The van der Waals surface area contributed by atoms with E-state index in [2.05, 4.69) is 10.7 Å². The molecule has 0 bridgehead atoms. The summed E-state index contributed by atoms with van der Waals surface area (Å²) in [5.74, 6) is -0.531. The van der Waals surface area contributed by atoms with Crippen LogP contribution < -0.4 is 20.6 Å². The van der Waals surface area contributed by atoms with Crippen molar-refractivity contribution in [3.05, 3.63) is 111 Å². The average molecular weight is 571 g/mol. The maximum absolute atomic E-state index is 13.8. The minimum absolute atomic E-state index is 0. The zero-order valence-electron chi connectivity index (χ0n) is 21.4. The number of rotatable bonds is 8. The molecule has 4 rings (SSSR count). The summed E-state index contributed by atoms with van der Waals surface area (Å²) < 4.78 is 31.3. The van der Waals surface area contributed by atoms with Crippen LogP contribution >= 0.6 is 11.6 Å². The van der Waals surface area contributed by atoms with Gasteiger partial charge in [-0.3, -0.25) is 9.59 Å². The van der Waals surface area contributed by atoms with Gasteiger partial charge in [0.25, 0.3) is 0 Å². The van der Waals surface area contributed by atoms with Crippen LogP contribution in [0.25, 0.3) is 0 Å². The largest absolute Gasteiger partial charge is 0.870 e. The standard InChI is InChI=1S/C27H25ClN4O5S.H2O/c1-16-11-17(2)32(18(3)12-16)31-27(34)21-9-5-4-8-20(21)26(33)22-13-25(38(29,35)36)23(28)14-24(22)30-15-19-7-6-10-37-19;/h4-14H,15H2,1-3H3,(H3-,29,30,31,33,34,35,36);1H2. The molecular formula is C27H27ClN4O6S. The molecule has 2 aromatic heterocycles. The summed E-state index contributed by atoms with van der Waals surface area (Å²) >= 11 is 6.21. The summed E-state index contributed by atoms with van der Waals surface area (Å²) in [5, 5.41) is 8.24. The summed E-state index contributed by atoms with van der Waals surface area (Å²) in [6.45, 7) is 5.87. The molecule has 0 aliphatic heterocycles. The number of nitrogens with one attached hydrogen (secondary N) is 2. The lowest BCUT2D eigenvalue weighted by atomic mass is 9.96. The lowest BCUT2D eigenvalue weighted by Crippen LogP contribution is -2.53. The van der Waals surface area contributed by atoms with Gasteiger partial charge in [0.05, 0.1) is 23.4 Å². The molecule has 0 saturated heterocycles. The lowest BCUT2D eigenvalue weighted by molar-refractivity contribution is -0.654. The fraction of sp³-hybridized carbons (Fsp3) is 0.148. The average Bonchev–Trinajstić information content (AvgIpc) is 3.37. The van der Waals surface area contributed by atoms with Crippen LogP contribution in [-0.2, 0) is 16.6 Å². The zero-order chi connectivity index (χ0) is 27.6. The van der Waals surface area contributed by atoms with Crippen molar-refractivity contribution in [2.45, 2.75) is 32.2 Å². The van der Waals surface area contributed by atoms with Crippen LogP contribution in [-0.4, -0.2) is 25.6 Å². The van der Waals surface area contributed by atoms with Gasteiger partial charge in [-0.1, -0.05) is 34.5 Å². The quantitative estimate of drug-likeness (QED) is 0.214. The number of aromatic nitrogens is 1. The predicted octanol–water partition coefficient (Wildman–Crippen LogP) is 3.84. The molecule has 0 aliphatic carbocycles. The Labute approximate surface area is 230 Å². The number of amides is 1.